The Morgan fingerprint density at radius 3 is 2.53 bits per heavy atom. The number of halogens is 1. The summed E-state index contributed by atoms with van der Waals surface area (Å²) < 4.78 is 5.18. The Hall–Kier alpha value is -3.51. The van der Waals surface area contributed by atoms with E-state index in [1.165, 1.54) is 0 Å². The lowest BCUT2D eigenvalue weighted by atomic mass is 10.1. The molecule has 1 atom stereocenters. The minimum Gasteiger partial charge on any atom is -0.495 e. The van der Waals surface area contributed by atoms with Crippen LogP contribution in [0.2, 0.25) is 5.02 Å². The van der Waals surface area contributed by atoms with E-state index in [-0.39, 0.29) is 11.8 Å². The number of hydrogen-bond acceptors (Lipinski definition) is 4. The van der Waals surface area contributed by atoms with Crippen LogP contribution in [0.1, 0.15) is 24.4 Å². The maximum absolute atomic E-state index is 13.3. The van der Waals surface area contributed by atoms with Gasteiger partial charge >= 0.3 is 0 Å². The number of rotatable bonds is 7. The summed E-state index contributed by atoms with van der Waals surface area (Å²) in [6.07, 6.45) is 1.42. The van der Waals surface area contributed by atoms with E-state index >= 15 is 0 Å². The van der Waals surface area contributed by atoms with Gasteiger partial charge in [0.1, 0.15) is 11.8 Å². The molecule has 4 rings (SSSR count). The van der Waals surface area contributed by atoms with Crippen LogP contribution in [0, 0.1) is 0 Å². The average Bonchev–Trinajstić information content (AvgIpc) is 3.24. The lowest BCUT2D eigenvalue weighted by molar-refractivity contribution is -0.117. The summed E-state index contributed by atoms with van der Waals surface area (Å²) >= 11 is 6.21. The van der Waals surface area contributed by atoms with Crippen LogP contribution in [0.4, 0.5) is 17.1 Å². The molecule has 3 aromatic carbocycles. The first-order valence-corrected chi connectivity index (χ1v) is 10.8. The van der Waals surface area contributed by atoms with Crippen molar-refractivity contribution in [2.75, 3.05) is 29.2 Å². The van der Waals surface area contributed by atoms with Gasteiger partial charge in [-0.15, -0.1) is 0 Å². The smallest absolute Gasteiger partial charge is 0.251 e. The van der Waals surface area contributed by atoms with Crippen molar-refractivity contribution in [3.63, 3.8) is 0 Å². The molecule has 2 N–H and O–H groups in total. The number of carbonyl (C=O) groups is 2. The highest BCUT2D eigenvalue weighted by Gasteiger charge is 2.24. The van der Waals surface area contributed by atoms with Crippen molar-refractivity contribution in [1.82, 2.24) is 0 Å². The Morgan fingerprint density at radius 1 is 1.03 bits per heavy atom. The van der Waals surface area contributed by atoms with Crippen LogP contribution in [-0.4, -0.2) is 25.5 Å². The Kier molecular flexibility index (Phi) is 6.61. The molecule has 2 amide bonds. The zero-order valence-corrected chi connectivity index (χ0v) is 18.4. The van der Waals surface area contributed by atoms with Crippen LogP contribution in [0.5, 0.6) is 5.75 Å². The number of nitrogens with zero attached hydrogens (tertiary/aromatic N) is 1. The van der Waals surface area contributed by atoms with Gasteiger partial charge in [0.05, 0.1) is 12.1 Å². The molecule has 1 aliphatic heterocycles. The molecule has 1 aliphatic rings. The lowest BCUT2D eigenvalue weighted by Gasteiger charge is -2.22. The maximum Gasteiger partial charge on any atom is 0.251 e. The molecule has 0 saturated carbocycles. The van der Waals surface area contributed by atoms with Crippen LogP contribution in [0.25, 0.3) is 0 Å². The molecule has 164 valence electrons. The van der Waals surface area contributed by atoms with Crippen molar-refractivity contribution in [3.8, 4) is 5.75 Å². The summed E-state index contributed by atoms with van der Waals surface area (Å²) in [5, 5.41) is 6.66. The first-order valence-electron chi connectivity index (χ1n) is 10.4. The molecule has 0 spiro atoms. The summed E-state index contributed by atoms with van der Waals surface area (Å²) in [5.74, 6) is 0.423. The Labute approximate surface area is 192 Å². The quantitative estimate of drug-likeness (QED) is 0.515. The van der Waals surface area contributed by atoms with E-state index in [1.54, 1.807) is 30.2 Å². The van der Waals surface area contributed by atoms with Crippen molar-refractivity contribution in [1.29, 1.82) is 0 Å². The van der Waals surface area contributed by atoms with Gasteiger partial charge in [-0.05, 0) is 48.4 Å². The maximum atomic E-state index is 13.3. The van der Waals surface area contributed by atoms with E-state index < -0.39 is 6.04 Å². The zero-order valence-electron chi connectivity index (χ0n) is 17.7. The minimum absolute atomic E-state index is 0.121. The van der Waals surface area contributed by atoms with Gasteiger partial charge in [-0.25, -0.2) is 0 Å². The Morgan fingerprint density at radius 2 is 1.84 bits per heavy atom. The van der Waals surface area contributed by atoms with E-state index in [0.717, 1.165) is 23.4 Å². The summed E-state index contributed by atoms with van der Waals surface area (Å²) in [7, 11) is 1.54. The number of benzene rings is 3. The number of nitrogens with one attached hydrogen (secondary N) is 2. The van der Waals surface area contributed by atoms with Crippen molar-refractivity contribution in [2.45, 2.75) is 18.9 Å². The third kappa shape index (κ3) is 4.86. The molecule has 1 fully saturated rings. The second-order valence-electron chi connectivity index (χ2n) is 7.53. The SMILES string of the molecule is COc1ccc(NC(=O)[C@H](Nc2cccc(N3CCCC3=O)c2)c2ccccc2)cc1Cl. The number of hydrogen-bond donors (Lipinski definition) is 2. The first kappa shape index (κ1) is 21.7. The number of carbonyl (C=O) groups excluding carboxylic acids is 2. The summed E-state index contributed by atoms with van der Waals surface area (Å²) in [6, 6.07) is 21.5. The van der Waals surface area contributed by atoms with Crippen LogP contribution >= 0.6 is 11.6 Å². The highest BCUT2D eigenvalue weighted by molar-refractivity contribution is 6.32. The summed E-state index contributed by atoms with van der Waals surface area (Å²) in [4.78, 5) is 27.2. The Balaban J connectivity index is 1.58. The molecule has 0 bridgehead atoms. The highest BCUT2D eigenvalue weighted by Crippen LogP contribution is 2.30. The van der Waals surface area contributed by atoms with E-state index in [4.69, 9.17) is 16.3 Å². The molecule has 7 heteroatoms. The fourth-order valence-electron chi connectivity index (χ4n) is 3.76. The van der Waals surface area contributed by atoms with Gasteiger partial charge < -0.3 is 20.3 Å². The number of amides is 2. The van der Waals surface area contributed by atoms with Crippen molar-refractivity contribution in [2.24, 2.45) is 0 Å². The molecule has 1 heterocycles. The van der Waals surface area contributed by atoms with E-state index in [2.05, 4.69) is 10.6 Å². The third-order valence-electron chi connectivity index (χ3n) is 5.36. The number of anilines is 3. The molecule has 3 aromatic rings. The fourth-order valence-corrected chi connectivity index (χ4v) is 4.01. The van der Waals surface area contributed by atoms with Crippen LogP contribution in [0.3, 0.4) is 0 Å². The highest BCUT2D eigenvalue weighted by atomic mass is 35.5. The monoisotopic (exact) mass is 449 g/mol. The molecule has 6 nitrogen and oxygen atoms in total. The minimum atomic E-state index is -0.651. The predicted octanol–water partition coefficient (Wildman–Crippen LogP) is 5.27. The molecular formula is C25H24ClN3O3. The molecule has 32 heavy (non-hydrogen) atoms. The normalized spacial score (nSPS) is 14.2. The van der Waals surface area contributed by atoms with Crippen molar-refractivity contribution >= 4 is 40.5 Å². The molecule has 0 aromatic heterocycles. The molecule has 1 saturated heterocycles. The zero-order chi connectivity index (χ0) is 22.5. The summed E-state index contributed by atoms with van der Waals surface area (Å²) in [5.41, 5.74) is 2.96. The fraction of sp³-hybridized carbons (Fsp3) is 0.200. The number of methoxy groups -OCH3 is 1. The molecule has 0 aliphatic carbocycles. The van der Waals surface area contributed by atoms with Gasteiger partial charge in [-0.1, -0.05) is 48.0 Å². The second-order valence-corrected chi connectivity index (χ2v) is 7.93. The van der Waals surface area contributed by atoms with Gasteiger partial charge in [0.2, 0.25) is 5.91 Å². The van der Waals surface area contributed by atoms with Gasteiger partial charge in [-0.2, -0.15) is 0 Å². The topological polar surface area (TPSA) is 70.7 Å². The van der Waals surface area contributed by atoms with E-state index in [1.807, 2.05) is 54.6 Å². The lowest BCUT2D eigenvalue weighted by Crippen LogP contribution is -2.27. The van der Waals surface area contributed by atoms with Crippen LogP contribution < -0.4 is 20.3 Å². The van der Waals surface area contributed by atoms with Gasteiger partial charge in [0.15, 0.2) is 0 Å². The second kappa shape index (κ2) is 9.75. The standard InChI is InChI=1S/C25H24ClN3O3/c1-32-22-13-12-19(16-21(22)26)28-25(31)24(17-7-3-2-4-8-17)27-18-9-5-10-20(15-18)29-14-6-11-23(29)30/h2-5,7-10,12-13,15-16,24,27H,6,11,14H2,1H3,(H,28,31)/t24-/m1/s1. The predicted molar refractivity (Wildman–Crippen MR) is 127 cm³/mol. The van der Waals surface area contributed by atoms with Gasteiger partial charge in [0, 0.05) is 30.0 Å². The van der Waals surface area contributed by atoms with Crippen LogP contribution in [0.15, 0.2) is 72.8 Å². The van der Waals surface area contributed by atoms with Gasteiger partial charge in [0.25, 0.3) is 5.91 Å². The third-order valence-corrected chi connectivity index (χ3v) is 5.65. The Bertz CT molecular complexity index is 1120. The van der Waals surface area contributed by atoms with E-state index in [0.29, 0.717) is 29.4 Å². The molecular weight excluding hydrogens is 426 g/mol. The van der Waals surface area contributed by atoms with Gasteiger partial charge in [-0.3, -0.25) is 9.59 Å². The van der Waals surface area contributed by atoms with Crippen molar-refractivity contribution in [3.05, 3.63) is 83.4 Å². The summed E-state index contributed by atoms with van der Waals surface area (Å²) in [6.45, 7) is 0.711. The van der Waals surface area contributed by atoms with Crippen LogP contribution in [-0.2, 0) is 9.59 Å². The average molecular weight is 450 g/mol. The molecule has 0 unspecified atom stereocenters. The van der Waals surface area contributed by atoms with Crippen molar-refractivity contribution < 1.29 is 14.3 Å². The van der Waals surface area contributed by atoms with E-state index in [9.17, 15) is 9.59 Å². The largest absolute Gasteiger partial charge is 0.495 e. The number of ether oxygens (including phenoxy) is 1. The molecule has 0 radical (unpaired) electrons. The first-order chi connectivity index (χ1) is 15.5.